The quantitative estimate of drug-likeness (QED) is 0.235. The van der Waals surface area contributed by atoms with Gasteiger partial charge in [-0.1, -0.05) is 96.8 Å². The Morgan fingerprint density at radius 2 is 0.962 bits per heavy atom. The molecule has 0 aliphatic heterocycles. The number of aliphatic hydroxyl groups is 2. The van der Waals surface area contributed by atoms with E-state index in [-0.39, 0.29) is 0 Å². The fraction of sp³-hybridized carbons (Fsp3) is 0.955. The lowest BCUT2D eigenvalue weighted by Crippen LogP contribution is -2.25. The van der Waals surface area contributed by atoms with Crippen molar-refractivity contribution in [1.29, 1.82) is 0 Å². The first-order valence-corrected chi connectivity index (χ1v) is 11.2. The average Bonchev–Trinajstić information content (AvgIpc) is 2.61. The standard InChI is InChI=1S/C22H44O4/c1-2-3-4-5-11-14-17-20(23)21(24)18-15-12-9-7-6-8-10-13-16-19-22(25)26/h20-21,23-24H,2-19H2,1H3,(H,25,26). The van der Waals surface area contributed by atoms with Gasteiger partial charge < -0.3 is 15.3 Å². The minimum Gasteiger partial charge on any atom is -0.481 e. The second kappa shape index (κ2) is 19.2. The highest BCUT2D eigenvalue weighted by molar-refractivity contribution is 5.66. The number of carbonyl (C=O) groups is 1. The van der Waals surface area contributed by atoms with Gasteiger partial charge in [0.25, 0.3) is 0 Å². The maximum absolute atomic E-state index is 10.4. The molecule has 26 heavy (non-hydrogen) atoms. The summed E-state index contributed by atoms with van der Waals surface area (Å²) in [5.41, 5.74) is 0. The van der Waals surface area contributed by atoms with Gasteiger partial charge in [-0.25, -0.2) is 0 Å². The molecule has 0 amide bonds. The SMILES string of the molecule is CCCCCCCCC(O)C(O)CCCCCCCCCCCC(=O)O. The van der Waals surface area contributed by atoms with Crippen LogP contribution < -0.4 is 0 Å². The Morgan fingerprint density at radius 1 is 0.615 bits per heavy atom. The van der Waals surface area contributed by atoms with Crippen LogP contribution in [0.15, 0.2) is 0 Å². The Kier molecular flexibility index (Phi) is 18.7. The lowest BCUT2D eigenvalue weighted by Gasteiger charge is -2.17. The van der Waals surface area contributed by atoms with E-state index in [4.69, 9.17) is 5.11 Å². The predicted molar refractivity (Wildman–Crippen MR) is 108 cm³/mol. The molecule has 0 fully saturated rings. The normalized spacial score (nSPS) is 13.7. The van der Waals surface area contributed by atoms with E-state index in [1.165, 1.54) is 57.8 Å². The summed E-state index contributed by atoms with van der Waals surface area (Å²) in [5, 5.41) is 28.6. The molecule has 0 heterocycles. The number of unbranched alkanes of at least 4 members (excludes halogenated alkanes) is 13. The zero-order valence-corrected chi connectivity index (χ0v) is 17.1. The summed E-state index contributed by atoms with van der Waals surface area (Å²) >= 11 is 0. The Labute approximate surface area is 161 Å². The van der Waals surface area contributed by atoms with Gasteiger partial charge in [0.2, 0.25) is 0 Å². The summed E-state index contributed by atoms with van der Waals surface area (Å²) in [6.07, 6.45) is 17.8. The van der Waals surface area contributed by atoms with Crippen LogP contribution in [-0.2, 0) is 4.79 Å². The van der Waals surface area contributed by atoms with Crippen molar-refractivity contribution in [2.45, 2.75) is 135 Å². The summed E-state index contributed by atoms with van der Waals surface area (Å²) in [4.78, 5) is 10.4. The maximum Gasteiger partial charge on any atom is 0.303 e. The molecule has 156 valence electrons. The van der Waals surface area contributed by atoms with Gasteiger partial charge >= 0.3 is 5.97 Å². The van der Waals surface area contributed by atoms with Gasteiger partial charge in [0.05, 0.1) is 12.2 Å². The lowest BCUT2D eigenvalue weighted by atomic mass is 9.99. The fourth-order valence-electron chi connectivity index (χ4n) is 3.39. The zero-order valence-electron chi connectivity index (χ0n) is 17.1. The average molecular weight is 373 g/mol. The van der Waals surface area contributed by atoms with Crippen molar-refractivity contribution in [1.82, 2.24) is 0 Å². The van der Waals surface area contributed by atoms with Crippen LogP contribution in [0.1, 0.15) is 122 Å². The van der Waals surface area contributed by atoms with Gasteiger partial charge in [-0.3, -0.25) is 4.79 Å². The van der Waals surface area contributed by atoms with Crippen LogP contribution >= 0.6 is 0 Å². The molecule has 3 N–H and O–H groups in total. The number of hydrogen-bond acceptors (Lipinski definition) is 3. The van der Waals surface area contributed by atoms with Gasteiger partial charge in [0, 0.05) is 6.42 Å². The van der Waals surface area contributed by atoms with E-state index < -0.39 is 18.2 Å². The third-order valence-electron chi connectivity index (χ3n) is 5.19. The van der Waals surface area contributed by atoms with Crippen molar-refractivity contribution < 1.29 is 20.1 Å². The summed E-state index contributed by atoms with van der Waals surface area (Å²) in [6, 6.07) is 0. The van der Waals surface area contributed by atoms with Crippen molar-refractivity contribution in [2.75, 3.05) is 0 Å². The highest BCUT2D eigenvalue weighted by atomic mass is 16.4. The first kappa shape index (κ1) is 25.4. The molecule has 0 aliphatic rings. The third kappa shape index (κ3) is 18.2. The Morgan fingerprint density at radius 3 is 1.35 bits per heavy atom. The van der Waals surface area contributed by atoms with Gasteiger partial charge in [-0.2, -0.15) is 0 Å². The molecular formula is C22H44O4. The zero-order chi connectivity index (χ0) is 19.5. The van der Waals surface area contributed by atoms with Gasteiger partial charge in [0.1, 0.15) is 0 Å². The summed E-state index contributed by atoms with van der Waals surface area (Å²) in [5.74, 6) is -0.690. The van der Waals surface area contributed by atoms with Crippen molar-refractivity contribution in [2.24, 2.45) is 0 Å². The molecule has 4 heteroatoms. The summed E-state index contributed by atoms with van der Waals surface area (Å²) in [7, 11) is 0. The highest BCUT2D eigenvalue weighted by Crippen LogP contribution is 2.15. The van der Waals surface area contributed by atoms with Gasteiger partial charge in [-0.05, 0) is 19.3 Å². The Bertz CT molecular complexity index is 307. The van der Waals surface area contributed by atoms with Crippen LogP contribution in [-0.4, -0.2) is 33.5 Å². The first-order chi connectivity index (χ1) is 12.6. The van der Waals surface area contributed by atoms with E-state index in [0.29, 0.717) is 12.8 Å². The Balaban J connectivity index is 3.31. The van der Waals surface area contributed by atoms with Crippen molar-refractivity contribution >= 4 is 5.97 Å². The molecule has 0 saturated heterocycles. The first-order valence-electron chi connectivity index (χ1n) is 11.2. The molecule has 0 radical (unpaired) electrons. The molecule has 0 aromatic heterocycles. The smallest absolute Gasteiger partial charge is 0.303 e. The number of carboxylic acids is 1. The predicted octanol–water partition coefficient (Wildman–Crippen LogP) is 5.83. The molecule has 0 spiro atoms. The lowest BCUT2D eigenvalue weighted by molar-refractivity contribution is -0.137. The van der Waals surface area contributed by atoms with Gasteiger partial charge in [0.15, 0.2) is 0 Å². The molecule has 2 unspecified atom stereocenters. The summed E-state index contributed by atoms with van der Waals surface area (Å²) in [6.45, 7) is 2.21. The van der Waals surface area contributed by atoms with Crippen LogP contribution in [0.4, 0.5) is 0 Å². The van der Waals surface area contributed by atoms with Crippen molar-refractivity contribution in [3.05, 3.63) is 0 Å². The number of carboxylic acid groups (broad SMARTS) is 1. The van der Waals surface area contributed by atoms with E-state index in [0.717, 1.165) is 44.9 Å². The number of aliphatic hydroxyl groups excluding tert-OH is 2. The monoisotopic (exact) mass is 372 g/mol. The van der Waals surface area contributed by atoms with Gasteiger partial charge in [-0.15, -0.1) is 0 Å². The molecule has 4 nitrogen and oxygen atoms in total. The highest BCUT2D eigenvalue weighted by Gasteiger charge is 2.15. The Hall–Kier alpha value is -0.610. The number of aliphatic carboxylic acids is 1. The molecular weight excluding hydrogens is 328 g/mol. The van der Waals surface area contributed by atoms with E-state index >= 15 is 0 Å². The minimum absolute atomic E-state index is 0.299. The van der Waals surface area contributed by atoms with Crippen molar-refractivity contribution in [3.8, 4) is 0 Å². The molecule has 0 saturated carbocycles. The van der Waals surface area contributed by atoms with Crippen molar-refractivity contribution in [3.63, 3.8) is 0 Å². The third-order valence-corrected chi connectivity index (χ3v) is 5.19. The molecule has 0 rings (SSSR count). The topological polar surface area (TPSA) is 77.8 Å². The van der Waals surface area contributed by atoms with Crippen LogP contribution in [0.2, 0.25) is 0 Å². The van der Waals surface area contributed by atoms with Crippen LogP contribution in [0, 0.1) is 0 Å². The molecule has 0 aromatic carbocycles. The molecule has 2 atom stereocenters. The second-order valence-corrected chi connectivity index (χ2v) is 7.81. The van der Waals surface area contributed by atoms with E-state index in [1.54, 1.807) is 0 Å². The second-order valence-electron chi connectivity index (χ2n) is 7.81. The molecule has 0 aromatic rings. The minimum atomic E-state index is -0.690. The largest absolute Gasteiger partial charge is 0.481 e. The van der Waals surface area contributed by atoms with Crippen LogP contribution in [0.25, 0.3) is 0 Å². The van der Waals surface area contributed by atoms with Crippen LogP contribution in [0.5, 0.6) is 0 Å². The molecule has 0 aliphatic carbocycles. The molecule has 0 bridgehead atoms. The number of rotatable bonds is 20. The fourth-order valence-corrected chi connectivity index (χ4v) is 3.39. The van der Waals surface area contributed by atoms with E-state index in [9.17, 15) is 15.0 Å². The van der Waals surface area contributed by atoms with E-state index in [2.05, 4.69) is 6.92 Å². The van der Waals surface area contributed by atoms with E-state index in [1.807, 2.05) is 0 Å². The van der Waals surface area contributed by atoms with Crippen LogP contribution in [0.3, 0.4) is 0 Å². The maximum atomic E-state index is 10.4. The number of hydrogen-bond donors (Lipinski definition) is 3. The summed E-state index contributed by atoms with van der Waals surface area (Å²) < 4.78 is 0.